The Hall–Kier alpha value is -3.41. The van der Waals surface area contributed by atoms with Gasteiger partial charge in [-0.3, -0.25) is 4.98 Å². The number of hydrogen-bond acceptors (Lipinski definition) is 6. The summed E-state index contributed by atoms with van der Waals surface area (Å²) < 4.78 is 43.8. The lowest BCUT2D eigenvalue weighted by Crippen LogP contribution is -2.33. The normalized spacial score (nSPS) is 12.1. The summed E-state index contributed by atoms with van der Waals surface area (Å²) in [7, 11) is 0.236. The zero-order chi connectivity index (χ0) is 30.8. The van der Waals surface area contributed by atoms with Gasteiger partial charge < -0.3 is 14.4 Å². The average Bonchev–Trinajstić information content (AvgIpc) is 3.23. The fraction of sp³-hybridized carbons (Fsp3) is 0.400. The second-order valence-corrected chi connectivity index (χ2v) is 18.4. The maximum Gasteiger partial charge on any atom is 0.410 e. The fourth-order valence-electron chi connectivity index (χ4n) is 4.21. The van der Waals surface area contributed by atoms with Gasteiger partial charge in [-0.2, -0.15) is 5.10 Å². The van der Waals surface area contributed by atoms with Gasteiger partial charge in [0.25, 0.3) is 0 Å². The van der Waals surface area contributed by atoms with Crippen molar-refractivity contribution in [3.63, 3.8) is 0 Å². The molecular weight excluding hydrogens is 580 g/mol. The van der Waals surface area contributed by atoms with Crippen molar-refractivity contribution in [3.8, 4) is 22.5 Å². The molecule has 3 heterocycles. The summed E-state index contributed by atoms with van der Waals surface area (Å²) in [5, 5.41) is 5.70. The summed E-state index contributed by atoms with van der Waals surface area (Å²) in [6.07, 6.45) is 2.54. The molecule has 224 valence electrons. The number of halogens is 3. The maximum atomic E-state index is 15.4. The van der Waals surface area contributed by atoms with Gasteiger partial charge >= 0.3 is 6.09 Å². The highest BCUT2D eigenvalue weighted by molar-refractivity contribution is 6.76. The van der Waals surface area contributed by atoms with E-state index in [-0.39, 0.29) is 30.1 Å². The van der Waals surface area contributed by atoms with Crippen LogP contribution in [0.5, 0.6) is 0 Å². The molecule has 0 saturated heterocycles. The van der Waals surface area contributed by atoms with Crippen LogP contribution in [0.25, 0.3) is 33.4 Å². The average molecular weight is 616 g/mol. The van der Waals surface area contributed by atoms with Crippen molar-refractivity contribution in [2.45, 2.75) is 65.3 Å². The van der Waals surface area contributed by atoms with Gasteiger partial charge in [-0.1, -0.05) is 31.2 Å². The number of fused-ring (bicyclic) bond motifs is 1. The third-order valence-corrected chi connectivity index (χ3v) is 8.26. The molecule has 8 nitrogen and oxygen atoms in total. The van der Waals surface area contributed by atoms with Gasteiger partial charge in [-0.05, 0) is 62.7 Å². The summed E-state index contributed by atoms with van der Waals surface area (Å²) in [6, 6.07) is 8.45. The van der Waals surface area contributed by atoms with Crippen LogP contribution in [0, 0.1) is 11.6 Å². The molecule has 3 aromatic heterocycles. The summed E-state index contributed by atoms with van der Waals surface area (Å²) in [6.45, 7) is 12.8. The molecule has 0 aliphatic carbocycles. The minimum atomic E-state index is -1.27. The van der Waals surface area contributed by atoms with Crippen molar-refractivity contribution in [1.82, 2.24) is 24.6 Å². The highest BCUT2D eigenvalue weighted by atomic mass is 35.5. The van der Waals surface area contributed by atoms with Crippen LogP contribution in [0.15, 0.2) is 42.7 Å². The van der Waals surface area contributed by atoms with E-state index in [9.17, 15) is 4.79 Å². The Morgan fingerprint density at radius 2 is 1.76 bits per heavy atom. The Morgan fingerprint density at radius 3 is 2.36 bits per heavy atom. The lowest BCUT2D eigenvalue weighted by atomic mass is 10.0. The molecule has 0 aliphatic rings. The molecule has 1 aromatic carbocycles. The molecule has 0 radical (unpaired) electrons. The number of ether oxygens (including phenoxy) is 2. The molecule has 0 unspecified atom stereocenters. The first-order valence-electron chi connectivity index (χ1n) is 13.6. The van der Waals surface area contributed by atoms with Gasteiger partial charge in [0.1, 0.15) is 34.8 Å². The minimum absolute atomic E-state index is 0.0340. The summed E-state index contributed by atoms with van der Waals surface area (Å²) >= 11 is 6.00. The van der Waals surface area contributed by atoms with E-state index in [0.29, 0.717) is 33.9 Å². The van der Waals surface area contributed by atoms with Crippen molar-refractivity contribution < 1.29 is 23.0 Å². The molecule has 0 fully saturated rings. The third kappa shape index (κ3) is 7.90. The van der Waals surface area contributed by atoms with E-state index in [4.69, 9.17) is 26.2 Å². The Kier molecular flexibility index (Phi) is 9.34. The number of hydrogen-bond donors (Lipinski definition) is 0. The molecule has 0 aliphatic heterocycles. The first-order chi connectivity index (χ1) is 19.6. The predicted octanol–water partition coefficient (Wildman–Crippen LogP) is 7.77. The van der Waals surface area contributed by atoms with Crippen LogP contribution in [0.2, 0.25) is 30.8 Å². The number of aromatic nitrogens is 4. The second kappa shape index (κ2) is 12.4. The number of amides is 1. The van der Waals surface area contributed by atoms with Crippen molar-refractivity contribution >= 4 is 36.7 Å². The fourth-order valence-corrected chi connectivity index (χ4v) is 5.07. The smallest absolute Gasteiger partial charge is 0.410 e. The zero-order valence-corrected chi connectivity index (χ0v) is 26.7. The topological polar surface area (TPSA) is 82.4 Å². The Bertz CT molecular complexity index is 1560. The van der Waals surface area contributed by atoms with E-state index in [1.54, 1.807) is 49.8 Å². The van der Waals surface area contributed by atoms with E-state index in [2.05, 4.69) is 29.6 Å². The van der Waals surface area contributed by atoms with Gasteiger partial charge in [0.15, 0.2) is 0 Å². The molecule has 0 atom stereocenters. The first kappa shape index (κ1) is 31.5. The minimum Gasteiger partial charge on any atom is -0.444 e. The Labute approximate surface area is 250 Å². The van der Waals surface area contributed by atoms with Crippen LogP contribution >= 0.6 is 11.6 Å². The zero-order valence-electron chi connectivity index (χ0n) is 25.0. The molecule has 0 spiro atoms. The largest absolute Gasteiger partial charge is 0.444 e. The number of carbonyl (C=O) groups excluding carboxylic acids is 1. The third-order valence-electron chi connectivity index (χ3n) is 6.33. The van der Waals surface area contributed by atoms with Gasteiger partial charge in [-0.25, -0.2) is 23.2 Å². The van der Waals surface area contributed by atoms with Gasteiger partial charge in [0, 0.05) is 45.4 Å². The van der Waals surface area contributed by atoms with E-state index in [0.717, 1.165) is 6.04 Å². The van der Waals surface area contributed by atoms with Crippen LogP contribution < -0.4 is 0 Å². The van der Waals surface area contributed by atoms with Crippen LogP contribution in [0.1, 0.15) is 26.3 Å². The van der Waals surface area contributed by atoms with Crippen molar-refractivity contribution in [2.75, 3.05) is 13.7 Å². The quantitative estimate of drug-likeness (QED) is 0.109. The lowest BCUT2D eigenvalue weighted by Gasteiger charge is -2.24. The number of pyridine rings is 2. The van der Waals surface area contributed by atoms with Crippen LogP contribution in [0.4, 0.5) is 13.6 Å². The SMILES string of the molecule is CN(Cc1cc(F)c(-c2cc3c(-c4ccc(Cl)nc4)nn(COCC[Si](C)(C)C)c3cn2)c(F)c1)C(=O)OC(C)(C)C. The molecule has 0 N–H and O–H groups in total. The predicted molar refractivity (Wildman–Crippen MR) is 163 cm³/mol. The molecule has 0 bridgehead atoms. The number of rotatable bonds is 9. The molecular formula is C30H36ClF2N5O3Si. The lowest BCUT2D eigenvalue weighted by molar-refractivity contribution is 0.0284. The van der Waals surface area contributed by atoms with Crippen LogP contribution in [0.3, 0.4) is 0 Å². The summed E-state index contributed by atoms with van der Waals surface area (Å²) in [5.74, 6) is -1.60. The Morgan fingerprint density at radius 1 is 1.07 bits per heavy atom. The van der Waals surface area contributed by atoms with Gasteiger partial charge in [0.2, 0.25) is 0 Å². The summed E-state index contributed by atoms with van der Waals surface area (Å²) in [5.41, 5.74) is 1.30. The molecule has 42 heavy (non-hydrogen) atoms. The van der Waals surface area contributed by atoms with Gasteiger partial charge in [-0.15, -0.1) is 0 Å². The highest BCUT2D eigenvalue weighted by Gasteiger charge is 2.23. The van der Waals surface area contributed by atoms with Crippen molar-refractivity contribution in [3.05, 3.63) is 65.1 Å². The molecule has 0 saturated carbocycles. The van der Waals surface area contributed by atoms with Gasteiger partial charge in [0.05, 0.1) is 23.0 Å². The number of nitrogens with zero attached hydrogens (tertiary/aromatic N) is 5. The summed E-state index contributed by atoms with van der Waals surface area (Å²) in [4.78, 5) is 22.1. The van der Waals surface area contributed by atoms with E-state index >= 15 is 8.78 Å². The van der Waals surface area contributed by atoms with Crippen molar-refractivity contribution in [2.24, 2.45) is 0 Å². The standard InChI is InChI=1S/C30H36ClF2N5O3Si/c1-30(2,3)41-29(39)37(4)17-19-12-22(32)27(23(33)13-19)24-14-21-25(16-34-24)38(18-40-10-11-42(5,6)7)36-28(21)20-8-9-26(31)35-15-20/h8-9,12-16H,10-11,17-18H2,1-7H3. The second-order valence-electron chi connectivity index (χ2n) is 12.4. The monoisotopic (exact) mass is 615 g/mol. The number of benzene rings is 1. The molecule has 12 heteroatoms. The number of carbonyl (C=O) groups is 1. The first-order valence-corrected chi connectivity index (χ1v) is 17.7. The molecule has 4 rings (SSSR count). The highest BCUT2D eigenvalue weighted by Crippen LogP contribution is 2.33. The van der Waals surface area contributed by atoms with E-state index in [1.165, 1.54) is 30.3 Å². The van der Waals surface area contributed by atoms with Crippen LogP contribution in [-0.4, -0.2) is 58.1 Å². The van der Waals surface area contributed by atoms with E-state index in [1.807, 2.05) is 0 Å². The maximum absolute atomic E-state index is 15.4. The van der Waals surface area contributed by atoms with Crippen molar-refractivity contribution in [1.29, 1.82) is 0 Å². The molecule has 4 aromatic rings. The van der Waals surface area contributed by atoms with Crippen LogP contribution in [-0.2, 0) is 22.7 Å². The van der Waals surface area contributed by atoms with E-state index < -0.39 is 31.4 Å². The Balaban J connectivity index is 1.68. The molecule has 1 amide bonds.